The Bertz CT molecular complexity index is 733. The summed E-state index contributed by atoms with van der Waals surface area (Å²) in [6.07, 6.45) is 3.26. The predicted octanol–water partition coefficient (Wildman–Crippen LogP) is 5.31. The molecule has 3 rings (SSSR count). The molecule has 23 heavy (non-hydrogen) atoms. The molecule has 122 valence electrons. The first-order chi connectivity index (χ1) is 10.8. The fraction of sp³-hybridized carbons (Fsp3) is 0.444. The van der Waals surface area contributed by atoms with Crippen molar-refractivity contribution in [2.45, 2.75) is 40.0 Å². The fourth-order valence-electron chi connectivity index (χ4n) is 2.98. The van der Waals surface area contributed by atoms with Gasteiger partial charge in [0.2, 0.25) is 0 Å². The standard InChI is InChI=1S/C18H21BrN2OS/c1-18(2,3)11-8-9-14-15(10-11)23-17(20-14)21-16(22)12-6-4-5-7-13(12)19/h4-7,11H,8-10H2,1-3H3,(H,20,21,22). The van der Waals surface area contributed by atoms with Crippen molar-refractivity contribution in [3.63, 3.8) is 0 Å². The van der Waals surface area contributed by atoms with Crippen LogP contribution in [0.2, 0.25) is 0 Å². The van der Waals surface area contributed by atoms with Gasteiger partial charge in [-0.1, -0.05) is 32.9 Å². The lowest BCUT2D eigenvalue weighted by atomic mass is 9.73. The number of nitrogens with zero attached hydrogens (tertiary/aromatic N) is 1. The van der Waals surface area contributed by atoms with E-state index in [0.717, 1.165) is 23.0 Å². The number of anilines is 1. The number of carbonyl (C=O) groups excluding carboxylic acids is 1. The van der Waals surface area contributed by atoms with Crippen LogP contribution in [-0.4, -0.2) is 10.9 Å². The van der Waals surface area contributed by atoms with Gasteiger partial charge in [-0.05, 0) is 58.7 Å². The van der Waals surface area contributed by atoms with Crippen LogP contribution in [-0.2, 0) is 12.8 Å². The number of aromatic nitrogens is 1. The van der Waals surface area contributed by atoms with Crippen molar-refractivity contribution in [3.8, 4) is 0 Å². The Morgan fingerprint density at radius 1 is 1.35 bits per heavy atom. The molecule has 0 saturated heterocycles. The lowest BCUT2D eigenvalue weighted by Crippen LogP contribution is -2.26. The van der Waals surface area contributed by atoms with Crippen molar-refractivity contribution < 1.29 is 4.79 Å². The summed E-state index contributed by atoms with van der Waals surface area (Å²) in [5.74, 6) is 0.568. The summed E-state index contributed by atoms with van der Waals surface area (Å²) in [6, 6.07) is 7.44. The van der Waals surface area contributed by atoms with Gasteiger partial charge in [0.15, 0.2) is 5.13 Å². The lowest BCUT2D eigenvalue weighted by Gasteiger charge is -2.33. The highest BCUT2D eigenvalue weighted by atomic mass is 79.9. The molecule has 0 spiro atoms. The third-order valence-electron chi connectivity index (χ3n) is 4.50. The number of nitrogens with one attached hydrogen (secondary N) is 1. The highest BCUT2D eigenvalue weighted by Gasteiger charge is 2.30. The van der Waals surface area contributed by atoms with Crippen LogP contribution in [0.3, 0.4) is 0 Å². The van der Waals surface area contributed by atoms with E-state index in [1.165, 1.54) is 11.3 Å². The van der Waals surface area contributed by atoms with Crippen LogP contribution in [0, 0.1) is 11.3 Å². The molecule has 1 aromatic heterocycles. The first kappa shape index (κ1) is 16.7. The van der Waals surface area contributed by atoms with E-state index in [9.17, 15) is 4.79 Å². The van der Waals surface area contributed by atoms with Gasteiger partial charge in [-0.15, -0.1) is 11.3 Å². The maximum absolute atomic E-state index is 12.4. The maximum atomic E-state index is 12.4. The molecule has 1 unspecified atom stereocenters. The molecular weight excluding hydrogens is 372 g/mol. The summed E-state index contributed by atoms with van der Waals surface area (Å²) in [4.78, 5) is 18.4. The second kappa shape index (κ2) is 6.36. The summed E-state index contributed by atoms with van der Waals surface area (Å²) < 4.78 is 0.798. The van der Waals surface area contributed by atoms with Crippen molar-refractivity contribution in [2.75, 3.05) is 5.32 Å². The normalized spacial score (nSPS) is 17.7. The third-order valence-corrected chi connectivity index (χ3v) is 6.23. The summed E-state index contributed by atoms with van der Waals surface area (Å²) in [6.45, 7) is 6.91. The molecule has 0 aliphatic heterocycles. The van der Waals surface area contributed by atoms with Gasteiger partial charge in [-0.25, -0.2) is 4.98 Å². The van der Waals surface area contributed by atoms with E-state index >= 15 is 0 Å². The zero-order valence-electron chi connectivity index (χ0n) is 13.6. The van der Waals surface area contributed by atoms with E-state index in [2.05, 4.69) is 47.0 Å². The molecule has 1 N–H and O–H groups in total. The second-order valence-electron chi connectivity index (χ2n) is 7.13. The molecule has 0 radical (unpaired) electrons. The Hall–Kier alpha value is -1.20. The van der Waals surface area contributed by atoms with Crippen molar-refractivity contribution in [1.82, 2.24) is 4.98 Å². The van der Waals surface area contributed by atoms with Gasteiger partial charge in [-0.3, -0.25) is 10.1 Å². The van der Waals surface area contributed by atoms with E-state index in [1.54, 1.807) is 11.3 Å². The maximum Gasteiger partial charge on any atom is 0.258 e. The molecule has 0 saturated carbocycles. The van der Waals surface area contributed by atoms with Gasteiger partial charge in [0, 0.05) is 9.35 Å². The van der Waals surface area contributed by atoms with Gasteiger partial charge >= 0.3 is 0 Å². The molecule has 1 aliphatic rings. The Kier molecular flexibility index (Phi) is 4.61. The number of halogens is 1. The number of rotatable bonds is 2. The molecule has 2 aromatic rings. The van der Waals surface area contributed by atoms with Crippen LogP contribution in [0.5, 0.6) is 0 Å². The van der Waals surface area contributed by atoms with Crippen molar-refractivity contribution >= 4 is 38.3 Å². The zero-order valence-corrected chi connectivity index (χ0v) is 16.1. The molecule has 3 nitrogen and oxygen atoms in total. The number of benzene rings is 1. The van der Waals surface area contributed by atoms with Gasteiger partial charge < -0.3 is 0 Å². The first-order valence-electron chi connectivity index (χ1n) is 7.89. The fourth-order valence-corrected chi connectivity index (χ4v) is 4.53. The number of hydrogen-bond donors (Lipinski definition) is 1. The summed E-state index contributed by atoms with van der Waals surface area (Å²) in [7, 11) is 0. The Balaban J connectivity index is 1.76. The zero-order chi connectivity index (χ0) is 16.6. The largest absolute Gasteiger partial charge is 0.298 e. The Morgan fingerprint density at radius 3 is 2.78 bits per heavy atom. The first-order valence-corrected chi connectivity index (χ1v) is 9.50. The number of thiazole rings is 1. The molecule has 0 bridgehead atoms. The smallest absolute Gasteiger partial charge is 0.258 e. The molecule has 0 fully saturated rings. The average molecular weight is 393 g/mol. The molecule has 1 aromatic carbocycles. The van der Waals surface area contributed by atoms with Crippen molar-refractivity contribution in [1.29, 1.82) is 0 Å². The van der Waals surface area contributed by atoms with Crippen LogP contribution in [0.1, 0.15) is 48.1 Å². The van der Waals surface area contributed by atoms with Crippen LogP contribution in [0.4, 0.5) is 5.13 Å². The van der Waals surface area contributed by atoms with Gasteiger partial charge in [-0.2, -0.15) is 0 Å². The molecule has 1 aliphatic carbocycles. The van der Waals surface area contributed by atoms with Gasteiger partial charge in [0.25, 0.3) is 5.91 Å². The summed E-state index contributed by atoms with van der Waals surface area (Å²) in [5, 5.41) is 3.66. The SMILES string of the molecule is CC(C)(C)C1CCc2nc(NC(=O)c3ccccc3Br)sc2C1. The Morgan fingerprint density at radius 2 is 2.09 bits per heavy atom. The predicted molar refractivity (Wildman–Crippen MR) is 99.2 cm³/mol. The van der Waals surface area contributed by atoms with Crippen molar-refractivity contribution in [3.05, 3.63) is 44.9 Å². The highest BCUT2D eigenvalue weighted by molar-refractivity contribution is 9.10. The molecule has 1 heterocycles. The topological polar surface area (TPSA) is 42.0 Å². The minimum atomic E-state index is -0.115. The number of fused-ring (bicyclic) bond motifs is 1. The number of amides is 1. The monoisotopic (exact) mass is 392 g/mol. The number of aryl methyl sites for hydroxylation is 1. The van der Waals surface area contributed by atoms with Crippen LogP contribution >= 0.6 is 27.3 Å². The van der Waals surface area contributed by atoms with E-state index in [0.29, 0.717) is 22.0 Å². The quantitative estimate of drug-likeness (QED) is 0.752. The van der Waals surface area contributed by atoms with E-state index in [4.69, 9.17) is 0 Å². The van der Waals surface area contributed by atoms with E-state index in [1.807, 2.05) is 24.3 Å². The van der Waals surface area contributed by atoms with E-state index < -0.39 is 0 Å². The molecule has 1 atom stereocenters. The molecule has 1 amide bonds. The minimum absolute atomic E-state index is 0.115. The van der Waals surface area contributed by atoms with Crippen LogP contribution < -0.4 is 5.32 Å². The van der Waals surface area contributed by atoms with Crippen LogP contribution in [0.25, 0.3) is 0 Å². The Labute approximate surface area is 149 Å². The lowest BCUT2D eigenvalue weighted by molar-refractivity contribution is 0.102. The number of carbonyl (C=O) groups is 1. The summed E-state index contributed by atoms with van der Waals surface area (Å²) in [5.41, 5.74) is 2.12. The van der Waals surface area contributed by atoms with Gasteiger partial charge in [0.05, 0.1) is 11.3 Å². The second-order valence-corrected chi connectivity index (χ2v) is 9.07. The van der Waals surface area contributed by atoms with Crippen LogP contribution in [0.15, 0.2) is 28.7 Å². The van der Waals surface area contributed by atoms with Gasteiger partial charge in [0.1, 0.15) is 0 Å². The van der Waals surface area contributed by atoms with E-state index in [-0.39, 0.29) is 5.91 Å². The summed E-state index contributed by atoms with van der Waals surface area (Å²) >= 11 is 5.04. The molecular formula is C18H21BrN2OS. The number of hydrogen-bond acceptors (Lipinski definition) is 3. The molecule has 5 heteroatoms. The van der Waals surface area contributed by atoms with Crippen molar-refractivity contribution in [2.24, 2.45) is 11.3 Å². The average Bonchev–Trinajstić information content (AvgIpc) is 2.87. The third kappa shape index (κ3) is 3.66. The highest BCUT2D eigenvalue weighted by Crippen LogP contribution is 2.40. The minimum Gasteiger partial charge on any atom is -0.298 e.